The van der Waals surface area contributed by atoms with Crippen LogP contribution in [0.2, 0.25) is 0 Å². The average Bonchev–Trinajstić information content (AvgIpc) is 2.65. The van der Waals surface area contributed by atoms with Crippen LogP contribution in [-0.4, -0.2) is 23.9 Å². The van der Waals surface area contributed by atoms with Crippen molar-refractivity contribution in [3.63, 3.8) is 0 Å². The number of guanidine groups is 1. The van der Waals surface area contributed by atoms with E-state index in [4.69, 9.17) is 5.73 Å². The lowest BCUT2D eigenvalue weighted by Crippen LogP contribution is -2.36. The zero-order valence-corrected chi connectivity index (χ0v) is 9.86. The molecule has 0 amide bonds. The van der Waals surface area contributed by atoms with E-state index in [1.54, 1.807) is 18.2 Å². The summed E-state index contributed by atoms with van der Waals surface area (Å²) >= 11 is 0. The van der Waals surface area contributed by atoms with Gasteiger partial charge in [-0.05, 0) is 30.2 Å². The van der Waals surface area contributed by atoms with Crippen molar-refractivity contribution in [3.05, 3.63) is 47.8 Å². The summed E-state index contributed by atoms with van der Waals surface area (Å²) in [6.45, 7) is 6.86. The molecule has 1 unspecified atom stereocenters. The molecule has 0 aromatic heterocycles. The van der Waals surface area contributed by atoms with Gasteiger partial charge < -0.3 is 10.6 Å². The molecule has 1 aromatic rings. The Bertz CT molecular complexity index is 468. The smallest absolute Gasteiger partial charge is 0.192 e. The summed E-state index contributed by atoms with van der Waals surface area (Å²) in [6, 6.07) is 4.83. The van der Waals surface area contributed by atoms with Gasteiger partial charge in [0.25, 0.3) is 0 Å². The molecule has 0 spiro atoms. The maximum absolute atomic E-state index is 13.3. The van der Waals surface area contributed by atoms with Crippen molar-refractivity contribution in [1.82, 2.24) is 4.90 Å². The van der Waals surface area contributed by atoms with E-state index in [1.807, 2.05) is 11.8 Å². The molecular formula is C13H16FN3. The second kappa shape index (κ2) is 4.57. The number of hydrogen-bond acceptors (Lipinski definition) is 3. The largest absolute Gasteiger partial charge is 0.370 e. The van der Waals surface area contributed by atoms with Crippen LogP contribution >= 0.6 is 0 Å². The quantitative estimate of drug-likeness (QED) is 0.811. The zero-order valence-electron chi connectivity index (χ0n) is 9.86. The molecule has 1 heterocycles. The number of aliphatic imine (C=N–C) groups is 1. The van der Waals surface area contributed by atoms with Gasteiger partial charge in [-0.2, -0.15) is 0 Å². The Hall–Kier alpha value is -1.84. The maximum atomic E-state index is 13.3. The fourth-order valence-corrected chi connectivity index (χ4v) is 2.13. The van der Waals surface area contributed by atoms with Crippen molar-refractivity contribution in [2.45, 2.75) is 13.0 Å². The van der Waals surface area contributed by atoms with Gasteiger partial charge in [0.1, 0.15) is 5.82 Å². The molecule has 0 radical (unpaired) electrons. The number of rotatable bonds is 3. The Morgan fingerprint density at radius 3 is 3.12 bits per heavy atom. The number of hydrogen-bond donors (Lipinski definition) is 1. The Kier molecular flexibility index (Phi) is 3.13. The van der Waals surface area contributed by atoms with Crippen molar-refractivity contribution in [3.8, 4) is 0 Å². The first kappa shape index (κ1) is 11.6. The molecule has 90 valence electrons. The van der Waals surface area contributed by atoms with Crippen molar-refractivity contribution >= 4 is 5.96 Å². The van der Waals surface area contributed by atoms with Crippen LogP contribution in [-0.2, 0) is 0 Å². The summed E-state index contributed by atoms with van der Waals surface area (Å²) < 4.78 is 13.3. The molecular weight excluding hydrogens is 217 g/mol. The molecule has 2 rings (SSSR count). The van der Waals surface area contributed by atoms with Crippen LogP contribution in [0.1, 0.15) is 17.2 Å². The van der Waals surface area contributed by atoms with Gasteiger partial charge in [0.2, 0.25) is 0 Å². The van der Waals surface area contributed by atoms with Gasteiger partial charge in [0, 0.05) is 6.54 Å². The molecule has 0 bridgehead atoms. The van der Waals surface area contributed by atoms with E-state index in [9.17, 15) is 4.39 Å². The van der Waals surface area contributed by atoms with E-state index in [1.165, 1.54) is 6.07 Å². The molecule has 0 saturated carbocycles. The number of aryl methyl sites for hydroxylation is 1. The van der Waals surface area contributed by atoms with E-state index in [0.717, 1.165) is 11.1 Å². The van der Waals surface area contributed by atoms with Crippen LogP contribution in [0.5, 0.6) is 0 Å². The van der Waals surface area contributed by atoms with Gasteiger partial charge in [-0.1, -0.05) is 12.1 Å². The molecule has 0 aliphatic carbocycles. The Morgan fingerprint density at radius 1 is 1.65 bits per heavy atom. The minimum absolute atomic E-state index is 0.0173. The molecule has 17 heavy (non-hydrogen) atoms. The van der Waals surface area contributed by atoms with E-state index in [2.05, 4.69) is 11.6 Å². The standard InChI is InChI=1S/C13H16FN3/c1-3-6-17-12(8-16-13(17)15)11-7-10(14)5-4-9(11)2/h3-5,7,12H,1,6,8H2,2H3,(H2,15,16). The van der Waals surface area contributed by atoms with Gasteiger partial charge in [-0.3, -0.25) is 4.99 Å². The third-order valence-electron chi connectivity index (χ3n) is 3.02. The third-order valence-corrected chi connectivity index (χ3v) is 3.02. The normalized spacial score (nSPS) is 19.3. The SMILES string of the molecule is C=CCN1C(N)=NCC1c1cc(F)ccc1C. The van der Waals surface area contributed by atoms with E-state index in [-0.39, 0.29) is 11.9 Å². The summed E-state index contributed by atoms with van der Waals surface area (Å²) in [4.78, 5) is 6.15. The van der Waals surface area contributed by atoms with Crippen LogP contribution in [0.3, 0.4) is 0 Å². The van der Waals surface area contributed by atoms with Crippen molar-refractivity contribution < 1.29 is 4.39 Å². The van der Waals surface area contributed by atoms with Crippen LogP contribution in [0.4, 0.5) is 4.39 Å². The van der Waals surface area contributed by atoms with Crippen LogP contribution in [0.25, 0.3) is 0 Å². The second-order valence-electron chi connectivity index (χ2n) is 4.16. The molecule has 0 fully saturated rings. The summed E-state index contributed by atoms with van der Waals surface area (Å²) in [5, 5.41) is 0. The van der Waals surface area contributed by atoms with Crippen LogP contribution < -0.4 is 5.73 Å². The highest BCUT2D eigenvalue weighted by molar-refractivity contribution is 5.80. The molecule has 1 aromatic carbocycles. The lowest BCUT2D eigenvalue weighted by atomic mass is 10.0. The zero-order chi connectivity index (χ0) is 12.4. The van der Waals surface area contributed by atoms with Crippen LogP contribution in [0.15, 0.2) is 35.8 Å². The Labute approximate surface area is 100 Å². The van der Waals surface area contributed by atoms with Gasteiger partial charge in [-0.25, -0.2) is 4.39 Å². The minimum Gasteiger partial charge on any atom is -0.370 e. The summed E-state index contributed by atoms with van der Waals surface area (Å²) in [7, 11) is 0. The topological polar surface area (TPSA) is 41.6 Å². The summed E-state index contributed by atoms with van der Waals surface area (Å²) in [5.74, 6) is 0.271. The fraction of sp³-hybridized carbons (Fsp3) is 0.308. The van der Waals surface area contributed by atoms with Gasteiger partial charge >= 0.3 is 0 Å². The molecule has 0 saturated heterocycles. The van der Waals surface area contributed by atoms with E-state index in [0.29, 0.717) is 19.0 Å². The van der Waals surface area contributed by atoms with Crippen LogP contribution in [0, 0.1) is 12.7 Å². The first-order chi connectivity index (χ1) is 8.13. The summed E-state index contributed by atoms with van der Waals surface area (Å²) in [6.07, 6.45) is 1.77. The molecule has 1 aliphatic rings. The Balaban J connectivity index is 2.33. The van der Waals surface area contributed by atoms with Gasteiger partial charge in [0.15, 0.2) is 5.96 Å². The molecule has 4 heteroatoms. The first-order valence-electron chi connectivity index (χ1n) is 5.57. The van der Waals surface area contributed by atoms with Crippen molar-refractivity contribution in [1.29, 1.82) is 0 Å². The first-order valence-corrected chi connectivity index (χ1v) is 5.57. The number of nitrogens with two attached hydrogens (primary N) is 1. The van der Waals surface area contributed by atoms with Crippen molar-refractivity contribution in [2.24, 2.45) is 10.7 Å². The number of benzene rings is 1. The predicted molar refractivity (Wildman–Crippen MR) is 67.3 cm³/mol. The molecule has 1 aliphatic heterocycles. The summed E-state index contributed by atoms with van der Waals surface area (Å²) in [5.41, 5.74) is 7.81. The minimum atomic E-state index is -0.227. The number of halogens is 1. The highest BCUT2D eigenvalue weighted by atomic mass is 19.1. The average molecular weight is 233 g/mol. The third kappa shape index (κ3) is 2.16. The highest BCUT2D eigenvalue weighted by Crippen LogP contribution is 2.28. The Morgan fingerprint density at radius 2 is 2.41 bits per heavy atom. The van der Waals surface area contributed by atoms with Gasteiger partial charge in [-0.15, -0.1) is 6.58 Å². The predicted octanol–water partition coefficient (Wildman–Crippen LogP) is 1.99. The second-order valence-corrected chi connectivity index (χ2v) is 4.16. The molecule has 1 atom stereocenters. The fourth-order valence-electron chi connectivity index (χ4n) is 2.13. The lowest BCUT2D eigenvalue weighted by molar-refractivity contribution is 0.378. The highest BCUT2D eigenvalue weighted by Gasteiger charge is 2.27. The maximum Gasteiger partial charge on any atom is 0.192 e. The van der Waals surface area contributed by atoms with E-state index >= 15 is 0 Å². The van der Waals surface area contributed by atoms with Gasteiger partial charge in [0.05, 0.1) is 12.6 Å². The molecule has 3 nitrogen and oxygen atoms in total. The number of nitrogens with zero attached hydrogens (tertiary/aromatic N) is 2. The monoisotopic (exact) mass is 233 g/mol. The lowest BCUT2D eigenvalue weighted by Gasteiger charge is -2.26. The molecule has 2 N–H and O–H groups in total. The van der Waals surface area contributed by atoms with E-state index < -0.39 is 0 Å². The van der Waals surface area contributed by atoms with Crippen molar-refractivity contribution in [2.75, 3.05) is 13.1 Å².